The molecule has 1 aliphatic rings. The quantitative estimate of drug-likeness (QED) is 0.346. The highest BCUT2D eigenvalue weighted by Gasteiger charge is 2.25. The molecule has 0 aliphatic carbocycles. The minimum atomic E-state index is -0.474. The zero-order chi connectivity index (χ0) is 12.3. The number of methoxy groups -OCH3 is 1. The summed E-state index contributed by atoms with van der Waals surface area (Å²) in [4.78, 5) is 14.2. The third-order valence-electron chi connectivity index (χ3n) is 2.38. The number of azide groups is 1. The number of hydrogen-bond acceptors (Lipinski definition) is 4. The van der Waals surface area contributed by atoms with Gasteiger partial charge in [-0.1, -0.05) is 17.2 Å². The first-order valence-electron chi connectivity index (χ1n) is 4.86. The highest BCUT2D eigenvalue weighted by Crippen LogP contribution is 2.28. The number of esters is 1. The summed E-state index contributed by atoms with van der Waals surface area (Å²) in [6, 6.07) is 6.88. The van der Waals surface area contributed by atoms with Crippen molar-refractivity contribution < 1.29 is 14.3 Å². The molecule has 0 saturated heterocycles. The summed E-state index contributed by atoms with van der Waals surface area (Å²) in [5.74, 6) is 0.212. The fourth-order valence-electron chi connectivity index (χ4n) is 1.57. The van der Waals surface area contributed by atoms with Gasteiger partial charge < -0.3 is 9.47 Å². The zero-order valence-electron chi connectivity index (χ0n) is 9.08. The van der Waals surface area contributed by atoms with Crippen LogP contribution in [0.4, 0.5) is 0 Å². The molecule has 2 rings (SSSR count). The normalized spacial score (nSPS) is 14.3. The molecule has 1 aromatic rings. The number of cyclic esters (lactones) is 1. The predicted molar refractivity (Wildman–Crippen MR) is 60.0 cm³/mol. The molecular formula is C11H9N3O3. The number of nitrogens with zero attached hydrogens (tertiary/aromatic N) is 3. The molecule has 0 saturated carbocycles. The van der Waals surface area contributed by atoms with Crippen LogP contribution in [0.2, 0.25) is 0 Å². The molecule has 0 bridgehead atoms. The van der Waals surface area contributed by atoms with Gasteiger partial charge in [-0.3, -0.25) is 0 Å². The molecule has 1 aliphatic heterocycles. The molecule has 1 heterocycles. The van der Waals surface area contributed by atoms with E-state index in [9.17, 15) is 4.79 Å². The molecule has 0 unspecified atom stereocenters. The maximum absolute atomic E-state index is 11.5. The van der Waals surface area contributed by atoms with Gasteiger partial charge in [0.05, 0.1) is 18.4 Å². The van der Waals surface area contributed by atoms with Crippen molar-refractivity contribution in [2.45, 2.75) is 0 Å². The molecule has 0 atom stereocenters. The Kier molecular flexibility index (Phi) is 2.98. The van der Waals surface area contributed by atoms with E-state index in [-0.39, 0.29) is 6.61 Å². The van der Waals surface area contributed by atoms with Crippen LogP contribution in [0.3, 0.4) is 0 Å². The van der Waals surface area contributed by atoms with Crippen LogP contribution in [0.15, 0.2) is 35.1 Å². The predicted octanol–water partition coefficient (Wildman–Crippen LogP) is 2.27. The van der Waals surface area contributed by atoms with E-state index < -0.39 is 5.97 Å². The fraction of sp³-hybridized carbons (Fsp3) is 0.182. The van der Waals surface area contributed by atoms with Crippen LogP contribution in [0.5, 0.6) is 5.75 Å². The van der Waals surface area contributed by atoms with E-state index in [1.54, 1.807) is 31.4 Å². The summed E-state index contributed by atoms with van der Waals surface area (Å²) in [5.41, 5.74) is 9.66. The van der Waals surface area contributed by atoms with Gasteiger partial charge in [0, 0.05) is 4.91 Å². The Bertz CT molecular complexity index is 527. The second-order valence-corrected chi connectivity index (χ2v) is 3.32. The third-order valence-corrected chi connectivity index (χ3v) is 2.38. The number of carbonyl (C=O) groups is 1. The third kappa shape index (κ3) is 2.07. The number of hydrogen-bond donors (Lipinski definition) is 0. The van der Waals surface area contributed by atoms with Gasteiger partial charge in [0.15, 0.2) is 0 Å². The Balaban J connectivity index is 2.45. The summed E-state index contributed by atoms with van der Waals surface area (Å²) >= 11 is 0. The monoisotopic (exact) mass is 231 g/mol. The van der Waals surface area contributed by atoms with Crippen LogP contribution in [-0.2, 0) is 9.53 Å². The first kappa shape index (κ1) is 11.0. The lowest BCUT2D eigenvalue weighted by Gasteiger charge is -2.02. The van der Waals surface area contributed by atoms with Crippen LogP contribution in [0.1, 0.15) is 5.56 Å². The highest BCUT2D eigenvalue weighted by atomic mass is 16.5. The standard InChI is InChI=1S/C11H9N3O3/c1-16-8-4-2-7(3-5-8)10-9(13-14-12)6-17-11(10)15/h2-5H,6H2,1H3. The molecule has 0 radical (unpaired) electrons. The van der Waals surface area contributed by atoms with Crippen LogP contribution in [0.25, 0.3) is 16.0 Å². The van der Waals surface area contributed by atoms with Gasteiger partial charge in [-0.05, 0) is 23.2 Å². The van der Waals surface area contributed by atoms with Crippen molar-refractivity contribution in [3.05, 3.63) is 46.0 Å². The lowest BCUT2D eigenvalue weighted by Crippen LogP contribution is -1.98. The second kappa shape index (κ2) is 4.59. The first-order valence-corrected chi connectivity index (χ1v) is 4.86. The molecule has 1 aromatic carbocycles. The van der Waals surface area contributed by atoms with E-state index >= 15 is 0 Å². The van der Waals surface area contributed by atoms with Gasteiger partial charge in [-0.25, -0.2) is 4.79 Å². The molecule has 0 fully saturated rings. The van der Waals surface area contributed by atoms with Crippen molar-refractivity contribution >= 4 is 11.5 Å². The van der Waals surface area contributed by atoms with Gasteiger partial charge in [0.1, 0.15) is 12.4 Å². The molecule has 6 nitrogen and oxygen atoms in total. The molecular weight excluding hydrogens is 222 g/mol. The Labute approximate surface area is 97.1 Å². The molecule has 0 aromatic heterocycles. The average Bonchev–Trinajstić information content (AvgIpc) is 2.71. The van der Waals surface area contributed by atoms with Crippen LogP contribution in [0, 0.1) is 0 Å². The maximum atomic E-state index is 11.5. The Morgan fingerprint density at radius 2 is 2.12 bits per heavy atom. The summed E-state index contributed by atoms with van der Waals surface area (Å²) < 4.78 is 9.85. The smallest absolute Gasteiger partial charge is 0.339 e. The van der Waals surface area contributed by atoms with Crippen molar-refractivity contribution in [2.24, 2.45) is 5.11 Å². The van der Waals surface area contributed by atoms with E-state index in [0.29, 0.717) is 22.6 Å². The van der Waals surface area contributed by atoms with Gasteiger partial charge >= 0.3 is 5.97 Å². The van der Waals surface area contributed by atoms with Gasteiger partial charge in [-0.2, -0.15) is 0 Å². The van der Waals surface area contributed by atoms with E-state index in [0.717, 1.165) is 0 Å². The SMILES string of the molecule is COc1ccc(C2=C(N=[N+]=[N-])COC2=O)cc1. The summed E-state index contributed by atoms with van der Waals surface area (Å²) in [5, 5.41) is 3.46. The van der Waals surface area contributed by atoms with E-state index in [2.05, 4.69) is 10.0 Å². The Morgan fingerprint density at radius 3 is 2.71 bits per heavy atom. The van der Waals surface area contributed by atoms with Gasteiger partial charge in [-0.15, -0.1) is 0 Å². The maximum Gasteiger partial charge on any atom is 0.339 e. The van der Waals surface area contributed by atoms with Crippen molar-refractivity contribution in [1.82, 2.24) is 0 Å². The minimum absolute atomic E-state index is 0.0181. The fourth-order valence-corrected chi connectivity index (χ4v) is 1.57. The van der Waals surface area contributed by atoms with E-state index in [1.807, 2.05) is 0 Å². The van der Waals surface area contributed by atoms with Crippen LogP contribution >= 0.6 is 0 Å². The number of benzene rings is 1. The first-order chi connectivity index (χ1) is 8.26. The van der Waals surface area contributed by atoms with E-state index in [1.165, 1.54) is 0 Å². The molecule has 6 heteroatoms. The van der Waals surface area contributed by atoms with Gasteiger partial charge in [0.2, 0.25) is 0 Å². The number of carbonyl (C=O) groups excluding carboxylic acids is 1. The largest absolute Gasteiger partial charge is 0.497 e. The minimum Gasteiger partial charge on any atom is -0.497 e. The Morgan fingerprint density at radius 1 is 1.41 bits per heavy atom. The lowest BCUT2D eigenvalue weighted by atomic mass is 10.1. The van der Waals surface area contributed by atoms with Gasteiger partial charge in [0.25, 0.3) is 0 Å². The van der Waals surface area contributed by atoms with Crippen molar-refractivity contribution in [3.63, 3.8) is 0 Å². The van der Waals surface area contributed by atoms with E-state index in [4.69, 9.17) is 15.0 Å². The second-order valence-electron chi connectivity index (χ2n) is 3.32. The Hall–Kier alpha value is -2.46. The molecule has 86 valence electrons. The average molecular weight is 231 g/mol. The summed E-state index contributed by atoms with van der Waals surface area (Å²) in [6.07, 6.45) is 0. The van der Waals surface area contributed by atoms with Crippen molar-refractivity contribution in [1.29, 1.82) is 0 Å². The summed E-state index contributed by atoms with van der Waals surface area (Å²) in [7, 11) is 1.56. The topological polar surface area (TPSA) is 84.3 Å². The number of rotatable bonds is 3. The highest BCUT2D eigenvalue weighted by molar-refractivity contribution is 6.19. The summed E-state index contributed by atoms with van der Waals surface area (Å²) in [6.45, 7) is 0.0181. The zero-order valence-corrected chi connectivity index (χ0v) is 9.08. The molecule has 0 amide bonds. The van der Waals surface area contributed by atoms with Crippen LogP contribution < -0.4 is 4.74 Å². The number of ether oxygens (including phenoxy) is 2. The van der Waals surface area contributed by atoms with Crippen molar-refractivity contribution in [2.75, 3.05) is 13.7 Å². The lowest BCUT2D eigenvalue weighted by molar-refractivity contribution is -0.134. The molecule has 0 N–H and O–H groups in total. The van der Waals surface area contributed by atoms with Crippen LogP contribution in [-0.4, -0.2) is 19.7 Å². The molecule has 17 heavy (non-hydrogen) atoms. The van der Waals surface area contributed by atoms with Crippen molar-refractivity contribution in [3.8, 4) is 5.75 Å². The molecule has 0 spiro atoms.